The Morgan fingerprint density at radius 3 is 2.81 bits per heavy atom. The number of aliphatic carboxylic acids is 1. The Kier molecular flexibility index (Phi) is 4.49. The van der Waals surface area contributed by atoms with Crippen LogP contribution in [0.2, 0.25) is 0 Å². The molecule has 0 saturated heterocycles. The number of carboxylic acids is 1. The molecule has 1 aromatic rings. The number of carboxylic acid groups (broad SMARTS) is 1. The van der Waals surface area contributed by atoms with Crippen molar-refractivity contribution in [2.24, 2.45) is 7.05 Å². The van der Waals surface area contributed by atoms with E-state index >= 15 is 0 Å². The summed E-state index contributed by atoms with van der Waals surface area (Å²) in [6.45, 7) is 2.59. The average Bonchev–Trinajstić information content (AvgIpc) is 2.61. The Labute approximate surface area is 95.7 Å². The molecule has 0 aliphatic carbocycles. The molecule has 16 heavy (non-hydrogen) atoms. The van der Waals surface area contributed by atoms with Crippen LogP contribution in [-0.4, -0.2) is 45.2 Å². The number of likely N-dealkylation sites (N-methyl/N-ethyl adjacent to an activating group) is 1. The Morgan fingerprint density at radius 1 is 1.69 bits per heavy atom. The average molecular weight is 225 g/mol. The molecule has 5 nitrogen and oxygen atoms in total. The first-order valence-corrected chi connectivity index (χ1v) is 5.45. The van der Waals surface area contributed by atoms with Crippen LogP contribution < -0.4 is 0 Å². The maximum Gasteiger partial charge on any atom is 0.320 e. The molecule has 0 aliphatic heterocycles. The van der Waals surface area contributed by atoms with Gasteiger partial charge in [0.25, 0.3) is 0 Å². The topological polar surface area (TPSA) is 58.4 Å². The molecule has 1 aromatic heterocycles. The van der Waals surface area contributed by atoms with Gasteiger partial charge in [-0.15, -0.1) is 0 Å². The molecule has 1 unspecified atom stereocenters. The van der Waals surface area contributed by atoms with Crippen molar-refractivity contribution in [1.82, 2.24) is 14.5 Å². The Morgan fingerprint density at radius 2 is 2.38 bits per heavy atom. The lowest BCUT2D eigenvalue weighted by Crippen LogP contribution is -2.39. The largest absolute Gasteiger partial charge is 0.480 e. The van der Waals surface area contributed by atoms with Gasteiger partial charge >= 0.3 is 5.97 Å². The maximum atomic E-state index is 10.9. The lowest BCUT2D eigenvalue weighted by molar-refractivity contribution is -0.142. The van der Waals surface area contributed by atoms with Crippen LogP contribution in [0.15, 0.2) is 12.4 Å². The highest BCUT2D eigenvalue weighted by atomic mass is 16.4. The van der Waals surface area contributed by atoms with Crippen molar-refractivity contribution in [2.45, 2.75) is 25.8 Å². The van der Waals surface area contributed by atoms with E-state index in [9.17, 15) is 4.79 Å². The molecule has 0 radical (unpaired) electrons. The molecule has 1 atom stereocenters. The van der Waals surface area contributed by atoms with E-state index in [-0.39, 0.29) is 0 Å². The molecule has 1 N–H and O–H groups in total. The minimum absolute atomic E-state index is 0.403. The van der Waals surface area contributed by atoms with E-state index in [2.05, 4.69) is 4.98 Å². The van der Waals surface area contributed by atoms with Crippen LogP contribution in [0.5, 0.6) is 0 Å². The molecule has 5 heteroatoms. The summed E-state index contributed by atoms with van der Waals surface area (Å²) in [6, 6.07) is -0.403. The van der Waals surface area contributed by atoms with Crippen molar-refractivity contribution in [1.29, 1.82) is 0 Å². The predicted octanol–water partition coefficient (Wildman–Crippen LogP) is 0.758. The summed E-state index contributed by atoms with van der Waals surface area (Å²) in [5.41, 5.74) is 0. The zero-order valence-corrected chi connectivity index (χ0v) is 10.1. The molecular formula is C11H19N3O2. The van der Waals surface area contributed by atoms with Crippen molar-refractivity contribution in [3.8, 4) is 0 Å². The lowest BCUT2D eigenvalue weighted by Gasteiger charge is -2.23. The molecule has 0 aliphatic rings. The van der Waals surface area contributed by atoms with Gasteiger partial charge in [0.05, 0.1) is 0 Å². The van der Waals surface area contributed by atoms with Gasteiger partial charge in [0.15, 0.2) is 0 Å². The van der Waals surface area contributed by atoms with Gasteiger partial charge in [0.1, 0.15) is 11.9 Å². The molecule has 0 bridgehead atoms. The molecule has 1 heterocycles. The summed E-state index contributed by atoms with van der Waals surface area (Å²) >= 11 is 0. The van der Waals surface area contributed by atoms with Crippen molar-refractivity contribution in [3.63, 3.8) is 0 Å². The van der Waals surface area contributed by atoms with E-state index < -0.39 is 12.0 Å². The van der Waals surface area contributed by atoms with E-state index in [4.69, 9.17) is 5.11 Å². The van der Waals surface area contributed by atoms with Gasteiger partial charge in [-0.3, -0.25) is 9.69 Å². The van der Waals surface area contributed by atoms with Gasteiger partial charge in [-0.1, -0.05) is 6.92 Å². The Balaban J connectivity index is 2.49. The van der Waals surface area contributed by atoms with Crippen LogP contribution in [0.1, 0.15) is 19.2 Å². The lowest BCUT2D eigenvalue weighted by atomic mass is 10.2. The fraction of sp³-hybridized carbons (Fsp3) is 0.636. The maximum absolute atomic E-state index is 10.9. The third kappa shape index (κ3) is 3.06. The van der Waals surface area contributed by atoms with E-state index in [0.717, 1.165) is 12.2 Å². The van der Waals surface area contributed by atoms with Gasteiger partial charge in [-0.05, 0) is 13.5 Å². The van der Waals surface area contributed by atoms with Crippen LogP contribution >= 0.6 is 0 Å². The highest BCUT2D eigenvalue weighted by molar-refractivity contribution is 5.73. The summed E-state index contributed by atoms with van der Waals surface area (Å²) in [6.07, 6.45) is 5.03. The highest BCUT2D eigenvalue weighted by Gasteiger charge is 2.20. The van der Waals surface area contributed by atoms with Crippen LogP contribution in [0.4, 0.5) is 0 Å². The van der Waals surface area contributed by atoms with Crippen molar-refractivity contribution >= 4 is 5.97 Å². The number of hydrogen-bond donors (Lipinski definition) is 1. The number of carbonyl (C=O) groups is 1. The normalized spacial score (nSPS) is 13.0. The molecule has 1 rings (SSSR count). The standard InChI is InChI=1S/C11H19N3O2/c1-4-9(11(15)16)13(2)7-5-10-12-6-8-14(10)3/h6,8-9H,4-5,7H2,1-3H3,(H,15,16). The first-order valence-electron chi connectivity index (χ1n) is 5.45. The van der Waals surface area contributed by atoms with Crippen LogP contribution in [0.25, 0.3) is 0 Å². The van der Waals surface area contributed by atoms with Crippen LogP contribution in [-0.2, 0) is 18.3 Å². The second-order valence-electron chi connectivity index (χ2n) is 3.95. The molecule has 90 valence electrons. The molecular weight excluding hydrogens is 206 g/mol. The first-order chi connectivity index (χ1) is 7.56. The number of aryl methyl sites for hydroxylation is 1. The number of imidazole rings is 1. The second kappa shape index (κ2) is 5.65. The molecule has 0 spiro atoms. The van der Waals surface area contributed by atoms with Crippen molar-refractivity contribution in [2.75, 3.05) is 13.6 Å². The van der Waals surface area contributed by atoms with Gasteiger partial charge in [-0.25, -0.2) is 4.98 Å². The summed E-state index contributed by atoms with van der Waals surface area (Å²) in [7, 11) is 3.78. The molecule has 0 saturated carbocycles. The highest BCUT2D eigenvalue weighted by Crippen LogP contribution is 2.04. The van der Waals surface area contributed by atoms with Gasteiger partial charge in [0, 0.05) is 32.4 Å². The van der Waals surface area contributed by atoms with Crippen molar-refractivity contribution in [3.05, 3.63) is 18.2 Å². The predicted molar refractivity (Wildman–Crippen MR) is 61.3 cm³/mol. The van der Waals surface area contributed by atoms with Crippen molar-refractivity contribution < 1.29 is 9.90 Å². The SMILES string of the molecule is CCC(C(=O)O)N(C)CCc1nccn1C. The second-order valence-corrected chi connectivity index (χ2v) is 3.95. The quantitative estimate of drug-likeness (QED) is 0.776. The van der Waals surface area contributed by atoms with Crippen LogP contribution in [0, 0.1) is 0 Å². The summed E-state index contributed by atoms with van der Waals surface area (Å²) in [5, 5.41) is 8.99. The van der Waals surface area contributed by atoms with E-state index in [0.29, 0.717) is 13.0 Å². The zero-order valence-electron chi connectivity index (χ0n) is 10.1. The molecule has 0 fully saturated rings. The third-order valence-corrected chi connectivity index (χ3v) is 2.81. The van der Waals surface area contributed by atoms with E-state index in [1.54, 1.807) is 6.20 Å². The summed E-state index contributed by atoms with van der Waals surface area (Å²) in [4.78, 5) is 17.0. The fourth-order valence-corrected chi connectivity index (χ4v) is 1.74. The summed E-state index contributed by atoms with van der Waals surface area (Å²) in [5.74, 6) is 0.219. The van der Waals surface area contributed by atoms with Gasteiger partial charge in [0.2, 0.25) is 0 Å². The number of aromatic nitrogens is 2. The third-order valence-electron chi connectivity index (χ3n) is 2.81. The Bertz CT molecular complexity index is 349. The Hall–Kier alpha value is -1.36. The number of hydrogen-bond acceptors (Lipinski definition) is 3. The minimum atomic E-state index is -0.759. The molecule has 0 aromatic carbocycles. The smallest absolute Gasteiger partial charge is 0.320 e. The summed E-state index contributed by atoms with van der Waals surface area (Å²) < 4.78 is 1.95. The van der Waals surface area contributed by atoms with Crippen LogP contribution in [0.3, 0.4) is 0 Å². The van der Waals surface area contributed by atoms with E-state index in [1.165, 1.54) is 0 Å². The minimum Gasteiger partial charge on any atom is -0.480 e. The van der Waals surface area contributed by atoms with Gasteiger partial charge < -0.3 is 9.67 Å². The van der Waals surface area contributed by atoms with Gasteiger partial charge in [-0.2, -0.15) is 0 Å². The molecule has 0 amide bonds. The monoisotopic (exact) mass is 225 g/mol. The van der Waals surface area contributed by atoms with E-state index in [1.807, 2.05) is 36.7 Å². The number of nitrogens with zero attached hydrogens (tertiary/aromatic N) is 3. The first kappa shape index (κ1) is 12.7. The fourth-order valence-electron chi connectivity index (χ4n) is 1.74. The number of rotatable bonds is 6. The zero-order chi connectivity index (χ0) is 12.1.